The van der Waals surface area contributed by atoms with E-state index in [4.69, 9.17) is 9.47 Å². The normalized spacial score (nSPS) is 29.3. The Morgan fingerprint density at radius 3 is 2.85 bits per heavy atom. The Balaban J connectivity index is 1.23. The third-order valence-corrected chi connectivity index (χ3v) is 6.43. The van der Waals surface area contributed by atoms with Gasteiger partial charge in [-0.25, -0.2) is 0 Å². The van der Waals surface area contributed by atoms with Crippen LogP contribution < -0.4 is 15.4 Å². The minimum Gasteiger partial charge on any atom is -0.494 e. The van der Waals surface area contributed by atoms with Gasteiger partial charge < -0.3 is 20.1 Å². The van der Waals surface area contributed by atoms with Gasteiger partial charge in [-0.3, -0.25) is 4.99 Å². The first-order valence-electron chi connectivity index (χ1n) is 10.1. The van der Waals surface area contributed by atoms with Crippen LogP contribution in [-0.2, 0) is 4.74 Å². The molecule has 142 valence electrons. The number of hydrogen-bond donors (Lipinski definition) is 2. The van der Waals surface area contributed by atoms with Crippen LogP contribution in [0.5, 0.6) is 5.75 Å². The quantitative estimate of drug-likeness (QED) is 0.467. The Hall–Kier alpha value is -1.75. The van der Waals surface area contributed by atoms with Crippen LogP contribution in [0.25, 0.3) is 0 Å². The summed E-state index contributed by atoms with van der Waals surface area (Å²) in [5.74, 6) is 2.51. The lowest BCUT2D eigenvalue weighted by Crippen LogP contribution is -2.69. The second kappa shape index (κ2) is 7.87. The molecule has 0 amide bonds. The molecule has 26 heavy (non-hydrogen) atoms. The smallest absolute Gasteiger partial charge is 0.191 e. The van der Waals surface area contributed by atoms with E-state index in [9.17, 15) is 0 Å². The number of fused-ring (bicyclic) bond motifs is 2. The summed E-state index contributed by atoms with van der Waals surface area (Å²) in [7, 11) is 1.86. The standard InChI is InChI=1S/C21H31N3O2/c1-22-20(23-13-7-14-25-16-8-3-2-4-9-16)24-18-17-10-15-26-19(17)21(18)11-5-6-12-21/h2-4,8-9,17-19H,5-7,10-15H2,1H3,(H2,22,23,24). The van der Waals surface area contributed by atoms with Crippen molar-refractivity contribution < 1.29 is 9.47 Å². The van der Waals surface area contributed by atoms with E-state index in [1.807, 2.05) is 37.4 Å². The van der Waals surface area contributed by atoms with E-state index in [0.29, 0.717) is 30.1 Å². The molecule has 0 bridgehead atoms. The Morgan fingerprint density at radius 1 is 1.27 bits per heavy atom. The van der Waals surface area contributed by atoms with Gasteiger partial charge in [0.2, 0.25) is 0 Å². The van der Waals surface area contributed by atoms with Gasteiger partial charge in [0.25, 0.3) is 0 Å². The molecule has 2 aliphatic carbocycles. The van der Waals surface area contributed by atoms with Crippen molar-refractivity contribution >= 4 is 5.96 Å². The molecule has 1 saturated heterocycles. The molecule has 3 atom stereocenters. The van der Waals surface area contributed by atoms with Gasteiger partial charge in [0, 0.05) is 37.6 Å². The van der Waals surface area contributed by atoms with Crippen molar-refractivity contribution in [2.45, 2.75) is 50.7 Å². The summed E-state index contributed by atoms with van der Waals surface area (Å²) in [5.41, 5.74) is 0.356. The molecule has 1 aromatic rings. The Bertz CT molecular complexity index is 613. The van der Waals surface area contributed by atoms with Crippen molar-refractivity contribution in [3.8, 4) is 5.75 Å². The zero-order valence-corrected chi connectivity index (χ0v) is 15.7. The van der Waals surface area contributed by atoms with Gasteiger partial charge in [-0.1, -0.05) is 31.0 Å². The average Bonchev–Trinajstić information content (AvgIpc) is 3.33. The van der Waals surface area contributed by atoms with Crippen molar-refractivity contribution in [1.29, 1.82) is 0 Å². The molecule has 0 aromatic heterocycles. The van der Waals surface area contributed by atoms with Crippen LogP contribution in [0.15, 0.2) is 35.3 Å². The van der Waals surface area contributed by atoms with Gasteiger partial charge in [-0.15, -0.1) is 0 Å². The van der Waals surface area contributed by atoms with Gasteiger partial charge in [0.05, 0.1) is 12.7 Å². The summed E-state index contributed by atoms with van der Waals surface area (Å²) in [5, 5.41) is 7.19. The Morgan fingerprint density at radius 2 is 2.08 bits per heavy atom. The highest BCUT2D eigenvalue weighted by atomic mass is 16.5. The van der Waals surface area contributed by atoms with Crippen LogP contribution in [0.2, 0.25) is 0 Å². The summed E-state index contributed by atoms with van der Waals surface area (Å²) in [4.78, 5) is 4.45. The fourth-order valence-electron chi connectivity index (χ4n) is 5.23. The summed E-state index contributed by atoms with van der Waals surface area (Å²) in [6, 6.07) is 10.5. The number of nitrogens with one attached hydrogen (secondary N) is 2. The minimum atomic E-state index is 0.356. The molecule has 3 unspecified atom stereocenters. The lowest BCUT2D eigenvalue weighted by molar-refractivity contribution is -0.125. The van der Waals surface area contributed by atoms with Gasteiger partial charge in [-0.05, 0) is 37.8 Å². The number of benzene rings is 1. The number of ether oxygens (including phenoxy) is 2. The van der Waals surface area contributed by atoms with Crippen molar-refractivity contribution in [3.63, 3.8) is 0 Å². The zero-order valence-electron chi connectivity index (χ0n) is 15.7. The van der Waals surface area contributed by atoms with Crippen molar-refractivity contribution in [2.75, 3.05) is 26.8 Å². The third-order valence-electron chi connectivity index (χ3n) is 6.43. The maximum absolute atomic E-state index is 6.07. The van der Waals surface area contributed by atoms with Crippen LogP contribution in [0.1, 0.15) is 38.5 Å². The summed E-state index contributed by atoms with van der Waals surface area (Å²) >= 11 is 0. The largest absolute Gasteiger partial charge is 0.494 e. The summed E-state index contributed by atoms with van der Waals surface area (Å²) < 4.78 is 11.8. The van der Waals surface area contributed by atoms with Crippen molar-refractivity contribution in [3.05, 3.63) is 30.3 Å². The van der Waals surface area contributed by atoms with E-state index >= 15 is 0 Å². The second-order valence-corrected chi connectivity index (χ2v) is 7.82. The molecule has 1 spiro atoms. The summed E-state index contributed by atoms with van der Waals surface area (Å²) in [6.45, 7) is 2.49. The predicted molar refractivity (Wildman–Crippen MR) is 104 cm³/mol. The van der Waals surface area contributed by atoms with E-state index in [1.54, 1.807) is 0 Å². The molecule has 5 heteroatoms. The summed E-state index contributed by atoms with van der Waals surface area (Å²) in [6.07, 6.45) is 7.90. The molecule has 2 N–H and O–H groups in total. The number of rotatable bonds is 6. The first-order valence-corrected chi connectivity index (χ1v) is 10.1. The molecule has 0 radical (unpaired) electrons. The molecule has 1 aromatic carbocycles. The zero-order chi connectivity index (χ0) is 17.8. The highest BCUT2D eigenvalue weighted by molar-refractivity contribution is 5.80. The highest BCUT2D eigenvalue weighted by Crippen LogP contribution is 2.60. The second-order valence-electron chi connectivity index (χ2n) is 7.82. The van der Waals surface area contributed by atoms with E-state index in [2.05, 4.69) is 15.6 Å². The highest BCUT2D eigenvalue weighted by Gasteiger charge is 2.65. The van der Waals surface area contributed by atoms with Gasteiger partial charge in [0.1, 0.15) is 5.75 Å². The van der Waals surface area contributed by atoms with E-state index in [0.717, 1.165) is 31.3 Å². The Labute approximate surface area is 156 Å². The number of guanidine groups is 1. The van der Waals surface area contributed by atoms with Crippen LogP contribution in [0.3, 0.4) is 0 Å². The number of aliphatic imine (C=N–C) groups is 1. The fourth-order valence-corrected chi connectivity index (χ4v) is 5.23. The SMILES string of the molecule is CN=C(NCCCOc1ccccc1)NC1C2CCOC2C12CCCC2. The molecule has 3 aliphatic rings. The maximum Gasteiger partial charge on any atom is 0.191 e. The Kier molecular flexibility index (Phi) is 5.34. The molecule has 1 heterocycles. The van der Waals surface area contributed by atoms with Crippen molar-refractivity contribution in [2.24, 2.45) is 16.3 Å². The maximum atomic E-state index is 6.07. The molecule has 2 saturated carbocycles. The third kappa shape index (κ3) is 3.29. The molecule has 1 aliphatic heterocycles. The minimum absolute atomic E-state index is 0.356. The van der Waals surface area contributed by atoms with Gasteiger partial charge >= 0.3 is 0 Å². The average molecular weight is 357 g/mol. The van der Waals surface area contributed by atoms with Crippen LogP contribution >= 0.6 is 0 Å². The van der Waals surface area contributed by atoms with Crippen molar-refractivity contribution in [1.82, 2.24) is 10.6 Å². The van der Waals surface area contributed by atoms with E-state index in [1.165, 1.54) is 32.1 Å². The van der Waals surface area contributed by atoms with E-state index < -0.39 is 0 Å². The molecular weight excluding hydrogens is 326 g/mol. The molecule has 4 rings (SSSR count). The molecular formula is C21H31N3O2. The monoisotopic (exact) mass is 357 g/mol. The first-order chi connectivity index (χ1) is 12.8. The lowest BCUT2D eigenvalue weighted by Gasteiger charge is -2.57. The molecule has 3 fully saturated rings. The number of para-hydroxylation sites is 1. The van der Waals surface area contributed by atoms with Crippen LogP contribution in [-0.4, -0.2) is 44.9 Å². The van der Waals surface area contributed by atoms with Crippen LogP contribution in [0.4, 0.5) is 0 Å². The fraction of sp³-hybridized carbons (Fsp3) is 0.667. The van der Waals surface area contributed by atoms with E-state index in [-0.39, 0.29) is 0 Å². The first kappa shape index (κ1) is 17.7. The molecule has 5 nitrogen and oxygen atoms in total. The lowest BCUT2D eigenvalue weighted by atomic mass is 9.54. The van der Waals surface area contributed by atoms with Gasteiger partial charge in [-0.2, -0.15) is 0 Å². The van der Waals surface area contributed by atoms with Crippen LogP contribution in [0, 0.1) is 11.3 Å². The number of nitrogens with zero attached hydrogens (tertiary/aromatic N) is 1. The van der Waals surface area contributed by atoms with Gasteiger partial charge in [0.15, 0.2) is 5.96 Å². The number of hydrogen-bond acceptors (Lipinski definition) is 3. The predicted octanol–water partition coefficient (Wildman–Crippen LogP) is 2.97. The topological polar surface area (TPSA) is 54.9 Å².